The fourth-order valence-electron chi connectivity index (χ4n) is 1.31. The Bertz CT molecular complexity index is 471. The Morgan fingerprint density at radius 1 is 0.889 bits per heavy atom. The smallest absolute Gasteiger partial charge is 0.136 e. The van der Waals surface area contributed by atoms with E-state index in [9.17, 15) is 0 Å². The van der Waals surface area contributed by atoms with Crippen LogP contribution in [-0.2, 0) is 0 Å². The molecule has 0 aromatic carbocycles. The molecule has 0 aliphatic rings. The summed E-state index contributed by atoms with van der Waals surface area (Å²) in [7, 11) is 0. The van der Waals surface area contributed by atoms with Crippen LogP contribution in [0.15, 0.2) is 58.8 Å². The predicted molar refractivity (Wildman–Crippen MR) is 73.1 cm³/mol. The van der Waals surface area contributed by atoms with Crippen LogP contribution >= 0.6 is 0 Å². The van der Waals surface area contributed by atoms with Gasteiger partial charge in [0.2, 0.25) is 0 Å². The molecule has 0 bridgehead atoms. The van der Waals surface area contributed by atoms with Gasteiger partial charge >= 0.3 is 0 Å². The summed E-state index contributed by atoms with van der Waals surface area (Å²) in [4.78, 5) is 16.9. The van der Waals surface area contributed by atoms with Crippen molar-refractivity contribution in [2.75, 3.05) is 0 Å². The molecule has 2 rings (SSSR count). The van der Waals surface area contributed by atoms with Crippen molar-refractivity contribution in [2.45, 2.75) is 13.1 Å². The molecule has 0 N–H and O–H groups in total. The molecule has 0 aliphatic carbocycles. The second kappa shape index (κ2) is 6.39. The highest BCUT2D eigenvalue weighted by Gasteiger charge is 1.93. The summed E-state index contributed by atoms with van der Waals surface area (Å²) < 4.78 is 0. The van der Waals surface area contributed by atoms with Gasteiger partial charge in [-0.1, -0.05) is 12.1 Å². The Hall–Kier alpha value is -2.36. The lowest BCUT2D eigenvalue weighted by Crippen LogP contribution is -1.97. The molecule has 2 aromatic heterocycles. The molecule has 4 heteroatoms. The van der Waals surface area contributed by atoms with Crippen LogP contribution in [0.3, 0.4) is 0 Å². The number of pyridine rings is 2. The zero-order valence-corrected chi connectivity index (χ0v) is 10.1. The fourth-order valence-corrected chi connectivity index (χ4v) is 1.31. The van der Waals surface area contributed by atoms with E-state index in [-0.39, 0.29) is 6.17 Å². The topological polar surface area (TPSA) is 50.5 Å². The molecule has 0 saturated carbocycles. The Kier molecular flexibility index (Phi) is 4.30. The van der Waals surface area contributed by atoms with Gasteiger partial charge in [0.15, 0.2) is 0 Å². The maximum Gasteiger partial charge on any atom is 0.136 e. The molecule has 0 unspecified atom stereocenters. The first-order valence-electron chi connectivity index (χ1n) is 5.73. The molecule has 18 heavy (non-hydrogen) atoms. The fraction of sp³-hybridized carbons (Fsp3) is 0.143. The highest BCUT2D eigenvalue weighted by molar-refractivity contribution is 5.78. The second-order valence-corrected chi connectivity index (χ2v) is 3.70. The highest BCUT2D eigenvalue weighted by Crippen LogP contribution is 1.95. The average Bonchev–Trinajstić information content (AvgIpc) is 2.45. The van der Waals surface area contributed by atoms with Gasteiger partial charge < -0.3 is 0 Å². The minimum atomic E-state index is -0.144. The van der Waals surface area contributed by atoms with E-state index >= 15 is 0 Å². The summed E-state index contributed by atoms with van der Waals surface area (Å²) in [5, 5.41) is 0. The monoisotopic (exact) mass is 238 g/mol. The zero-order valence-electron chi connectivity index (χ0n) is 10.1. The highest BCUT2D eigenvalue weighted by atomic mass is 15.0. The van der Waals surface area contributed by atoms with Gasteiger partial charge in [-0.25, -0.2) is 0 Å². The molecule has 0 atom stereocenters. The molecule has 0 fully saturated rings. The average molecular weight is 238 g/mol. The first-order chi connectivity index (χ1) is 8.84. The van der Waals surface area contributed by atoms with Crippen molar-refractivity contribution in [3.05, 3.63) is 60.2 Å². The Morgan fingerprint density at radius 3 is 1.78 bits per heavy atom. The van der Waals surface area contributed by atoms with Gasteiger partial charge in [0, 0.05) is 24.8 Å². The van der Waals surface area contributed by atoms with E-state index in [1.54, 1.807) is 24.8 Å². The van der Waals surface area contributed by atoms with Crippen molar-refractivity contribution in [2.24, 2.45) is 9.98 Å². The molecule has 0 radical (unpaired) electrons. The van der Waals surface area contributed by atoms with Crippen LogP contribution in [0.25, 0.3) is 0 Å². The van der Waals surface area contributed by atoms with E-state index in [0.29, 0.717) is 0 Å². The van der Waals surface area contributed by atoms with Crippen LogP contribution < -0.4 is 0 Å². The molecule has 4 nitrogen and oxygen atoms in total. The van der Waals surface area contributed by atoms with E-state index in [0.717, 1.165) is 11.4 Å². The van der Waals surface area contributed by atoms with Crippen LogP contribution in [0.2, 0.25) is 0 Å². The number of aliphatic imine (C=N–C) groups is 2. The first kappa shape index (κ1) is 12.1. The van der Waals surface area contributed by atoms with Gasteiger partial charge in [0.25, 0.3) is 0 Å². The van der Waals surface area contributed by atoms with Crippen molar-refractivity contribution < 1.29 is 0 Å². The van der Waals surface area contributed by atoms with Crippen LogP contribution in [0.5, 0.6) is 0 Å². The van der Waals surface area contributed by atoms with Gasteiger partial charge in [0.05, 0.1) is 11.4 Å². The van der Waals surface area contributed by atoms with Gasteiger partial charge in [-0.05, 0) is 31.2 Å². The SMILES string of the molecule is CC(N=Cc1ccccn1)N=Cc1ccccn1. The number of aromatic nitrogens is 2. The molecule has 0 aliphatic heterocycles. The Labute approximate surface area is 106 Å². The predicted octanol–water partition coefficient (Wildman–Crippen LogP) is 2.36. The molecular weight excluding hydrogens is 224 g/mol. The first-order valence-corrected chi connectivity index (χ1v) is 5.73. The summed E-state index contributed by atoms with van der Waals surface area (Å²) in [5.41, 5.74) is 1.66. The molecular formula is C14H14N4. The van der Waals surface area contributed by atoms with E-state index < -0.39 is 0 Å². The third-order valence-corrected chi connectivity index (χ3v) is 2.22. The molecule has 2 heterocycles. The quantitative estimate of drug-likeness (QED) is 0.768. The largest absolute Gasteiger partial charge is 0.265 e. The third kappa shape index (κ3) is 3.90. The molecule has 0 spiro atoms. The lowest BCUT2D eigenvalue weighted by atomic mass is 10.4. The normalized spacial score (nSPS) is 13.2. The maximum atomic E-state index is 4.30. The lowest BCUT2D eigenvalue weighted by Gasteiger charge is -1.98. The van der Waals surface area contributed by atoms with Gasteiger partial charge in [-0.2, -0.15) is 0 Å². The maximum absolute atomic E-state index is 4.30. The summed E-state index contributed by atoms with van der Waals surface area (Å²) in [6.45, 7) is 1.92. The number of hydrogen-bond donors (Lipinski definition) is 0. The summed E-state index contributed by atoms with van der Waals surface area (Å²) in [5.74, 6) is 0. The third-order valence-electron chi connectivity index (χ3n) is 2.22. The van der Waals surface area contributed by atoms with E-state index in [1.165, 1.54) is 0 Å². The van der Waals surface area contributed by atoms with Crippen molar-refractivity contribution >= 4 is 12.4 Å². The van der Waals surface area contributed by atoms with E-state index in [2.05, 4.69) is 20.0 Å². The van der Waals surface area contributed by atoms with E-state index in [4.69, 9.17) is 0 Å². The number of rotatable bonds is 4. The van der Waals surface area contributed by atoms with Crippen molar-refractivity contribution in [3.63, 3.8) is 0 Å². The summed E-state index contributed by atoms with van der Waals surface area (Å²) in [6.07, 6.45) is 6.78. The molecule has 90 valence electrons. The minimum Gasteiger partial charge on any atom is -0.265 e. The molecule has 2 aromatic rings. The van der Waals surface area contributed by atoms with Crippen molar-refractivity contribution in [1.29, 1.82) is 0 Å². The van der Waals surface area contributed by atoms with Gasteiger partial charge in [-0.3, -0.25) is 20.0 Å². The number of nitrogens with zero attached hydrogens (tertiary/aromatic N) is 4. The number of hydrogen-bond acceptors (Lipinski definition) is 4. The van der Waals surface area contributed by atoms with Crippen LogP contribution in [0, 0.1) is 0 Å². The Morgan fingerprint density at radius 2 is 1.39 bits per heavy atom. The van der Waals surface area contributed by atoms with Gasteiger partial charge in [-0.15, -0.1) is 0 Å². The molecule has 0 amide bonds. The lowest BCUT2D eigenvalue weighted by molar-refractivity contribution is 0.802. The second-order valence-electron chi connectivity index (χ2n) is 3.70. The van der Waals surface area contributed by atoms with Crippen molar-refractivity contribution in [3.8, 4) is 0 Å². The molecule has 0 saturated heterocycles. The van der Waals surface area contributed by atoms with Crippen LogP contribution in [0.4, 0.5) is 0 Å². The standard InChI is InChI=1S/C14H14N4/c1-12(17-10-13-6-2-4-8-15-13)18-11-14-7-3-5-9-16-14/h2-12H,1H3. The Balaban J connectivity index is 1.95. The summed E-state index contributed by atoms with van der Waals surface area (Å²) in [6, 6.07) is 11.4. The minimum absolute atomic E-state index is 0.144. The zero-order chi connectivity index (χ0) is 12.6. The van der Waals surface area contributed by atoms with E-state index in [1.807, 2.05) is 43.3 Å². The summed E-state index contributed by atoms with van der Waals surface area (Å²) >= 11 is 0. The van der Waals surface area contributed by atoms with Crippen LogP contribution in [-0.4, -0.2) is 28.6 Å². The van der Waals surface area contributed by atoms with Crippen molar-refractivity contribution in [1.82, 2.24) is 9.97 Å². The van der Waals surface area contributed by atoms with Gasteiger partial charge in [0.1, 0.15) is 6.17 Å². The van der Waals surface area contributed by atoms with Crippen LogP contribution in [0.1, 0.15) is 18.3 Å².